The van der Waals surface area contributed by atoms with Crippen LogP contribution in [0.1, 0.15) is 6.92 Å². The van der Waals surface area contributed by atoms with Crippen molar-refractivity contribution in [2.45, 2.75) is 13.0 Å². The molecule has 1 amide bonds. The van der Waals surface area contributed by atoms with Gasteiger partial charge < -0.3 is 14.8 Å². The summed E-state index contributed by atoms with van der Waals surface area (Å²) in [6.45, 7) is 5.58. The number of amides is 1. The van der Waals surface area contributed by atoms with Gasteiger partial charge in [0.2, 0.25) is 5.91 Å². The average molecular weight is 219 g/mol. The Morgan fingerprint density at radius 1 is 1.56 bits per heavy atom. The number of nitrogens with one attached hydrogen (secondary N) is 1. The molecule has 1 N–H and O–H groups in total. The van der Waals surface area contributed by atoms with Gasteiger partial charge in [0.25, 0.3) is 0 Å². The predicted octanol–water partition coefficient (Wildman–Crippen LogP) is 1.97. The summed E-state index contributed by atoms with van der Waals surface area (Å²) in [7, 11) is 0. The Morgan fingerprint density at radius 2 is 2.38 bits per heavy atom. The molecule has 84 valence electrons. The van der Waals surface area contributed by atoms with E-state index < -0.39 is 0 Å². The van der Waals surface area contributed by atoms with Crippen LogP contribution in [-0.4, -0.2) is 18.6 Å². The van der Waals surface area contributed by atoms with Crippen molar-refractivity contribution < 1.29 is 14.3 Å². The maximum absolute atomic E-state index is 10.9. The van der Waals surface area contributed by atoms with Crippen molar-refractivity contribution in [2.75, 3.05) is 11.9 Å². The van der Waals surface area contributed by atoms with Crippen LogP contribution in [0.25, 0.3) is 0 Å². The minimum absolute atomic E-state index is 0.114. The number of rotatable bonds is 2. The van der Waals surface area contributed by atoms with E-state index >= 15 is 0 Å². The van der Waals surface area contributed by atoms with Crippen molar-refractivity contribution in [1.82, 2.24) is 0 Å². The lowest BCUT2D eigenvalue weighted by Crippen LogP contribution is -2.26. The van der Waals surface area contributed by atoms with Gasteiger partial charge >= 0.3 is 0 Å². The van der Waals surface area contributed by atoms with Crippen LogP contribution in [0, 0.1) is 0 Å². The van der Waals surface area contributed by atoms with Crippen molar-refractivity contribution in [1.29, 1.82) is 0 Å². The van der Waals surface area contributed by atoms with Crippen LogP contribution < -0.4 is 14.8 Å². The van der Waals surface area contributed by atoms with Gasteiger partial charge in [-0.3, -0.25) is 4.79 Å². The van der Waals surface area contributed by atoms with Crippen molar-refractivity contribution >= 4 is 11.6 Å². The van der Waals surface area contributed by atoms with E-state index in [1.807, 2.05) is 0 Å². The number of benzene rings is 1. The number of hydrogen-bond donors (Lipinski definition) is 1. The summed E-state index contributed by atoms with van der Waals surface area (Å²) in [6, 6.07) is 5.30. The zero-order chi connectivity index (χ0) is 11.5. The summed E-state index contributed by atoms with van der Waals surface area (Å²) < 4.78 is 11.1. The van der Waals surface area contributed by atoms with Gasteiger partial charge in [-0.25, -0.2) is 0 Å². The molecule has 1 aliphatic heterocycles. The molecular weight excluding hydrogens is 206 g/mol. The fraction of sp³-hybridized carbons (Fsp3) is 0.250. The summed E-state index contributed by atoms with van der Waals surface area (Å²) in [5.41, 5.74) is 0.694. The van der Waals surface area contributed by atoms with Crippen molar-refractivity contribution in [2.24, 2.45) is 0 Å². The van der Waals surface area contributed by atoms with Gasteiger partial charge in [0, 0.05) is 18.7 Å². The Balaban J connectivity index is 2.23. The zero-order valence-corrected chi connectivity index (χ0v) is 9.03. The van der Waals surface area contributed by atoms with Crippen molar-refractivity contribution in [3.05, 3.63) is 30.9 Å². The molecule has 0 aliphatic carbocycles. The highest BCUT2D eigenvalue weighted by molar-refractivity contribution is 5.89. The second-order valence-corrected chi connectivity index (χ2v) is 3.55. The van der Waals surface area contributed by atoms with E-state index in [-0.39, 0.29) is 12.0 Å². The molecule has 0 radical (unpaired) electrons. The number of anilines is 1. The molecule has 1 aliphatic rings. The molecule has 0 saturated carbocycles. The van der Waals surface area contributed by atoms with Gasteiger partial charge in [0.15, 0.2) is 17.6 Å². The standard InChI is InChI=1S/C12H13NO3/c1-3-10-7-15-11-5-4-9(13-8(2)14)6-12(11)16-10/h3-6,10H,1,7H2,2H3,(H,13,14). The first-order valence-electron chi connectivity index (χ1n) is 5.02. The zero-order valence-electron chi connectivity index (χ0n) is 9.03. The molecule has 2 rings (SSSR count). The molecule has 0 fully saturated rings. The normalized spacial score (nSPS) is 17.7. The second-order valence-electron chi connectivity index (χ2n) is 3.55. The lowest BCUT2D eigenvalue weighted by atomic mass is 10.2. The molecule has 1 atom stereocenters. The van der Waals surface area contributed by atoms with E-state index in [9.17, 15) is 4.79 Å². The predicted molar refractivity (Wildman–Crippen MR) is 60.9 cm³/mol. The molecule has 0 spiro atoms. The Hall–Kier alpha value is -1.97. The molecule has 4 nitrogen and oxygen atoms in total. The van der Waals surface area contributed by atoms with Crippen LogP contribution in [0.15, 0.2) is 30.9 Å². The first-order valence-corrected chi connectivity index (χ1v) is 5.02. The molecule has 16 heavy (non-hydrogen) atoms. The number of fused-ring (bicyclic) bond motifs is 1. The fourth-order valence-corrected chi connectivity index (χ4v) is 1.49. The molecular formula is C12H13NO3. The molecule has 1 aromatic carbocycles. The number of carbonyl (C=O) groups excluding carboxylic acids is 1. The van der Waals surface area contributed by atoms with Crippen LogP contribution in [-0.2, 0) is 4.79 Å². The van der Waals surface area contributed by atoms with Gasteiger partial charge in [0.1, 0.15) is 6.61 Å². The van der Waals surface area contributed by atoms with E-state index in [0.29, 0.717) is 23.8 Å². The summed E-state index contributed by atoms with van der Waals surface area (Å²) in [5, 5.41) is 2.69. The molecule has 1 heterocycles. The molecule has 4 heteroatoms. The smallest absolute Gasteiger partial charge is 0.221 e. The van der Waals surface area contributed by atoms with Crippen LogP contribution in [0.4, 0.5) is 5.69 Å². The Kier molecular flexibility index (Phi) is 2.81. The van der Waals surface area contributed by atoms with E-state index in [4.69, 9.17) is 9.47 Å². The maximum atomic E-state index is 10.9. The molecule has 0 aromatic heterocycles. The number of hydrogen-bond acceptors (Lipinski definition) is 3. The van der Waals surface area contributed by atoms with Gasteiger partial charge in [-0.15, -0.1) is 0 Å². The van der Waals surface area contributed by atoms with Crippen LogP contribution in [0.3, 0.4) is 0 Å². The van der Waals surface area contributed by atoms with Gasteiger partial charge in [-0.2, -0.15) is 0 Å². The van der Waals surface area contributed by atoms with Crippen LogP contribution in [0.2, 0.25) is 0 Å². The fourth-order valence-electron chi connectivity index (χ4n) is 1.49. The van der Waals surface area contributed by atoms with E-state index in [1.54, 1.807) is 24.3 Å². The van der Waals surface area contributed by atoms with Gasteiger partial charge in [0.05, 0.1) is 0 Å². The van der Waals surface area contributed by atoms with Crippen LogP contribution in [0.5, 0.6) is 11.5 Å². The summed E-state index contributed by atoms with van der Waals surface area (Å²) >= 11 is 0. The minimum atomic E-state index is -0.139. The summed E-state index contributed by atoms with van der Waals surface area (Å²) in [4.78, 5) is 10.9. The SMILES string of the molecule is C=CC1COc2ccc(NC(C)=O)cc2O1. The lowest BCUT2D eigenvalue weighted by Gasteiger charge is -2.24. The highest BCUT2D eigenvalue weighted by Crippen LogP contribution is 2.34. The third kappa shape index (κ3) is 2.16. The monoisotopic (exact) mass is 219 g/mol. The summed E-state index contributed by atoms with van der Waals surface area (Å²) in [5.74, 6) is 1.20. The molecule has 0 bridgehead atoms. The van der Waals surface area contributed by atoms with E-state index in [1.165, 1.54) is 6.92 Å². The van der Waals surface area contributed by atoms with Gasteiger partial charge in [-0.1, -0.05) is 6.58 Å². The highest BCUT2D eigenvalue weighted by atomic mass is 16.6. The van der Waals surface area contributed by atoms with Crippen molar-refractivity contribution in [3.63, 3.8) is 0 Å². The molecule has 1 unspecified atom stereocenters. The third-order valence-electron chi connectivity index (χ3n) is 2.21. The maximum Gasteiger partial charge on any atom is 0.221 e. The first-order chi connectivity index (χ1) is 7.69. The highest BCUT2D eigenvalue weighted by Gasteiger charge is 2.18. The molecule has 1 aromatic rings. The average Bonchev–Trinajstić information content (AvgIpc) is 2.27. The van der Waals surface area contributed by atoms with E-state index in [2.05, 4.69) is 11.9 Å². The first kappa shape index (κ1) is 10.5. The number of ether oxygens (including phenoxy) is 2. The summed E-state index contributed by atoms with van der Waals surface area (Å²) in [6.07, 6.45) is 1.55. The quantitative estimate of drug-likeness (QED) is 0.773. The van der Waals surface area contributed by atoms with E-state index in [0.717, 1.165) is 0 Å². The Morgan fingerprint density at radius 3 is 3.06 bits per heavy atom. The Bertz CT molecular complexity index is 428. The van der Waals surface area contributed by atoms with Crippen molar-refractivity contribution in [3.8, 4) is 11.5 Å². The van der Waals surface area contributed by atoms with Gasteiger partial charge in [-0.05, 0) is 18.2 Å². The topological polar surface area (TPSA) is 47.6 Å². The lowest BCUT2D eigenvalue weighted by molar-refractivity contribution is -0.114. The second kappa shape index (κ2) is 4.26. The third-order valence-corrected chi connectivity index (χ3v) is 2.21. The Labute approximate surface area is 93.9 Å². The molecule has 0 saturated heterocycles. The number of carbonyl (C=O) groups is 1. The minimum Gasteiger partial charge on any atom is -0.485 e. The van der Waals surface area contributed by atoms with Crippen LogP contribution >= 0.6 is 0 Å². The largest absolute Gasteiger partial charge is 0.485 e.